The molecule has 0 aromatic rings. The molecule has 0 amide bonds. The number of aliphatic hydroxyl groups is 1. The summed E-state index contributed by atoms with van der Waals surface area (Å²) < 4.78 is 42.9. The third kappa shape index (κ3) is 3.04. The molecule has 0 unspecified atom stereocenters. The Morgan fingerprint density at radius 2 is 1.94 bits per heavy atom. The molecule has 0 bridgehead atoms. The predicted molar refractivity (Wildman–Crippen MR) is 110 cm³/mol. The molecule has 0 radical (unpaired) electrons. The maximum absolute atomic E-state index is 15.4. The lowest BCUT2D eigenvalue weighted by Crippen LogP contribution is -2.59. The highest BCUT2D eigenvalue weighted by molar-refractivity contribution is 7.86. The normalized spacial score (nSPS) is 50.1. The van der Waals surface area contributed by atoms with Gasteiger partial charge in [-0.2, -0.15) is 8.42 Å². The SMILES string of the molecule is C[C@]12C[C@H](O)[C@H]3[C@@H](C[C@H](F)C4=CC(=O)C=C[C@@]43C)[C@@H]1[C@H]1C[C@H]1[C@@H]2C(=O)COS(C)(=O)=O. The van der Waals surface area contributed by atoms with Crippen LogP contribution in [0.15, 0.2) is 23.8 Å². The molecule has 0 aromatic heterocycles. The number of carbonyl (C=O) groups excluding carboxylic acids is 2. The van der Waals surface area contributed by atoms with Crippen molar-refractivity contribution in [2.45, 2.75) is 45.4 Å². The van der Waals surface area contributed by atoms with Gasteiger partial charge < -0.3 is 5.11 Å². The van der Waals surface area contributed by atoms with Gasteiger partial charge in [0.15, 0.2) is 11.6 Å². The highest BCUT2D eigenvalue weighted by Crippen LogP contribution is 2.75. The summed E-state index contributed by atoms with van der Waals surface area (Å²) >= 11 is 0. The fourth-order valence-corrected chi connectivity index (χ4v) is 8.51. The number of hydrogen-bond acceptors (Lipinski definition) is 6. The molecule has 0 heterocycles. The molecule has 6 nitrogen and oxygen atoms in total. The largest absolute Gasteiger partial charge is 0.393 e. The molecule has 0 spiro atoms. The Labute approximate surface area is 182 Å². The average molecular weight is 453 g/mol. The maximum atomic E-state index is 15.4. The molecule has 4 fully saturated rings. The highest BCUT2D eigenvalue weighted by atomic mass is 32.2. The van der Waals surface area contributed by atoms with Crippen molar-refractivity contribution in [3.63, 3.8) is 0 Å². The first kappa shape index (κ1) is 21.5. The number of aliphatic hydroxyl groups excluding tert-OH is 1. The summed E-state index contributed by atoms with van der Waals surface area (Å²) in [6, 6.07) is 0. The molecule has 8 heteroatoms. The molecule has 170 valence electrons. The smallest absolute Gasteiger partial charge is 0.264 e. The van der Waals surface area contributed by atoms with E-state index in [1.54, 1.807) is 6.08 Å². The number of allylic oxidation sites excluding steroid dienone is 4. The Morgan fingerprint density at radius 1 is 1.23 bits per heavy atom. The van der Waals surface area contributed by atoms with Gasteiger partial charge in [-0.05, 0) is 66.1 Å². The summed E-state index contributed by atoms with van der Waals surface area (Å²) in [5.74, 6) is -0.648. The van der Waals surface area contributed by atoms with E-state index in [-0.39, 0.29) is 53.5 Å². The lowest BCUT2D eigenvalue weighted by atomic mass is 9.45. The van der Waals surface area contributed by atoms with E-state index in [1.807, 2.05) is 13.8 Å². The van der Waals surface area contributed by atoms with Gasteiger partial charge in [0.1, 0.15) is 12.8 Å². The Hall–Kier alpha value is -1.38. The summed E-state index contributed by atoms with van der Waals surface area (Å²) in [5, 5.41) is 11.3. The van der Waals surface area contributed by atoms with Crippen LogP contribution in [-0.4, -0.2) is 50.2 Å². The van der Waals surface area contributed by atoms with Crippen LogP contribution in [0.25, 0.3) is 0 Å². The van der Waals surface area contributed by atoms with Gasteiger partial charge >= 0.3 is 0 Å². The van der Waals surface area contributed by atoms with E-state index in [9.17, 15) is 23.1 Å². The van der Waals surface area contributed by atoms with Crippen molar-refractivity contribution >= 4 is 21.7 Å². The number of hydrogen-bond donors (Lipinski definition) is 1. The second kappa shape index (κ2) is 6.58. The number of alkyl halides is 1. The van der Waals surface area contributed by atoms with Crippen molar-refractivity contribution in [2.75, 3.05) is 12.9 Å². The molecule has 5 aliphatic carbocycles. The lowest BCUT2D eigenvalue weighted by Gasteiger charge is -2.60. The predicted octanol–water partition coefficient (Wildman–Crippen LogP) is 2.23. The molecule has 5 rings (SSSR count). The molecule has 0 aromatic carbocycles. The van der Waals surface area contributed by atoms with Crippen LogP contribution >= 0.6 is 0 Å². The van der Waals surface area contributed by atoms with Gasteiger partial charge in [-0.15, -0.1) is 0 Å². The Bertz CT molecular complexity index is 1020. The van der Waals surface area contributed by atoms with Crippen LogP contribution < -0.4 is 0 Å². The van der Waals surface area contributed by atoms with Crippen LogP contribution in [-0.2, 0) is 23.9 Å². The van der Waals surface area contributed by atoms with Crippen LogP contribution in [0.1, 0.15) is 33.1 Å². The number of rotatable bonds is 4. The molecule has 31 heavy (non-hydrogen) atoms. The minimum atomic E-state index is -3.73. The van der Waals surface area contributed by atoms with E-state index in [0.717, 1.165) is 12.7 Å². The van der Waals surface area contributed by atoms with Gasteiger partial charge in [0.2, 0.25) is 0 Å². The molecule has 0 aliphatic heterocycles. The summed E-state index contributed by atoms with van der Waals surface area (Å²) in [7, 11) is -3.73. The Kier molecular flexibility index (Phi) is 4.55. The molecular formula is C23H29FO6S. The average Bonchev–Trinajstić information content (AvgIpc) is 3.34. The van der Waals surface area contributed by atoms with Gasteiger partial charge in [0.05, 0.1) is 12.4 Å². The minimum Gasteiger partial charge on any atom is -0.393 e. The first-order valence-corrected chi connectivity index (χ1v) is 12.8. The second-order valence-electron chi connectivity index (χ2n) is 10.8. The van der Waals surface area contributed by atoms with Crippen molar-refractivity contribution in [3.8, 4) is 0 Å². The lowest BCUT2D eigenvalue weighted by molar-refractivity contribution is -0.149. The summed E-state index contributed by atoms with van der Waals surface area (Å²) in [6.07, 6.45) is 5.08. The van der Waals surface area contributed by atoms with Gasteiger partial charge in [-0.3, -0.25) is 13.8 Å². The van der Waals surface area contributed by atoms with E-state index >= 15 is 4.39 Å². The fourth-order valence-electron chi connectivity index (χ4n) is 8.18. The van der Waals surface area contributed by atoms with Gasteiger partial charge in [0.25, 0.3) is 10.1 Å². The molecule has 5 aliphatic rings. The molecule has 10 atom stereocenters. The van der Waals surface area contributed by atoms with Crippen molar-refractivity contribution in [3.05, 3.63) is 23.8 Å². The second-order valence-corrected chi connectivity index (χ2v) is 12.4. The number of halogens is 1. The van der Waals surface area contributed by atoms with E-state index in [0.29, 0.717) is 12.0 Å². The van der Waals surface area contributed by atoms with Crippen LogP contribution in [0.4, 0.5) is 4.39 Å². The van der Waals surface area contributed by atoms with Crippen LogP contribution in [0.2, 0.25) is 0 Å². The van der Waals surface area contributed by atoms with Crippen molar-refractivity contribution < 1.29 is 31.7 Å². The Morgan fingerprint density at radius 3 is 2.61 bits per heavy atom. The van der Waals surface area contributed by atoms with Gasteiger partial charge in [-0.1, -0.05) is 19.9 Å². The zero-order valence-electron chi connectivity index (χ0n) is 18.0. The first-order valence-electron chi connectivity index (χ1n) is 11.0. The van der Waals surface area contributed by atoms with E-state index in [2.05, 4.69) is 0 Å². The van der Waals surface area contributed by atoms with Crippen LogP contribution in [0, 0.1) is 46.3 Å². The zero-order valence-corrected chi connectivity index (χ0v) is 18.8. The number of Topliss-reactive ketones (excluding diaryl/α,β-unsaturated/α-hetero) is 1. The monoisotopic (exact) mass is 452 g/mol. The first-order chi connectivity index (χ1) is 14.4. The molecule has 0 saturated heterocycles. The third-order valence-corrected chi connectivity index (χ3v) is 9.57. The fraction of sp³-hybridized carbons (Fsp3) is 0.739. The number of fused-ring (bicyclic) bond motifs is 7. The molecular weight excluding hydrogens is 423 g/mol. The standard InChI is InChI=1S/C23H29FO6S/c1-22-5-4-11(25)6-15(22)16(24)8-14-19-12-7-13(12)20(18(27)10-30-31(3,28)29)23(19,2)9-17(26)21(14)22/h4-6,12-14,16-17,19-21,26H,7-10H2,1-3H3/t12-,13+,14-,16-,17-,19-,20+,21+,22-,23-/m0/s1. The molecule has 1 N–H and O–H groups in total. The van der Waals surface area contributed by atoms with E-state index < -0.39 is 39.8 Å². The molecule has 4 saturated carbocycles. The number of ketones is 2. The van der Waals surface area contributed by atoms with Crippen molar-refractivity contribution in [1.82, 2.24) is 0 Å². The number of carbonyl (C=O) groups is 2. The van der Waals surface area contributed by atoms with Crippen molar-refractivity contribution in [1.29, 1.82) is 0 Å². The van der Waals surface area contributed by atoms with Crippen LogP contribution in [0.5, 0.6) is 0 Å². The topological polar surface area (TPSA) is 97.7 Å². The summed E-state index contributed by atoms with van der Waals surface area (Å²) in [5.41, 5.74) is -0.774. The van der Waals surface area contributed by atoms with Crippen molar-refractivity contribution in [2.24, 2.45) is 46.3 Å². The third-order valence-electron chi connectivity index (χ3n) is 9.02. The van der Waals surface area contributed by atoms with Crippen LogP contribution in [0.3, 0.4) is 0 Å². The van der Waals surface area contributed by atoms with Gasteiger partial charge in [-0.25, -0.2) is 4.39 Å². The maximum Gasteiger partial charge on any atom is 0.264 e. The summed E-state index contributed by atoms with van der Waals surface area (Å²) in [6.45, 7) is 3.44. The minimum absolute atomic E-state index is 0.0840. The quantitative estimate of drug-likeness (QED) is 0.657. The van der Waals surface area contributed by atoms with E-state index in [1.165, 1.54) is 12.2 Å². The zero-order chi connectivity index (χ0) is 22.5. The summed E-state index contributed by atoms with van der Waals surface area (Å²) in [4.78, 5) is 24.9. The van der Waals surface area contributed by atoms with Gasteiger partial charge in [0, 0.05) is 17.3 Å². The van der Waals surface area contributed by atoms with E-state index in [4.69, 9.17) is 4.18 Å². The Balaban J connectivity index is 1.49. The highest BCUT2D eigenvalue weighted by Gasteiger charge is 2.73.